The number of rotatable bonds is 4. The Kier molecular flexibility index (Phi) is 7.02. The minimum absolute atomic E-state index is 0. The van der Waals surface area contributed by atoms with E-state index in [-0.39, 0.29) is 28.6 Å². The summed E-state index contributed by atoms with van der Waals surface area (Å²) in [5.74, 6) is -5.22. The zero-order chi connectivity index (χ0) is 10.6. The van der Waals surface area contributed by atoms with Crippen molar-refractivity contribution in [2.45, 2.75) is 13.0 Å². The van der Waals surface area contributed by atoms with Crippen LogP contribution >= 0.6 is 0 Å². The number of carboxylic acid groups (broad SMARTS) is 2. The maximum absolute atomic E-state index is 10.7. The van der Waals surface area contributed by atoms with Crippen LogP contribution in [0.5, 0.6) is 0 Å². The van der Waals surface area contributed by atoms with Crippen LogP contribution in [0.4, 0.5) is 0 Å². The van der Waals surface area contributed by atoms with Crippen LogP contribution in [-0.2, 0) is 19.1 Å². The Hall–Kier alpha value is -1.08. The summed E-state index contributed by atoms with van der Waals surface area (Å²) in [6, 6.07) is 0. The molecule has 72 valence electrons. The Balaban J connectivity index is 0. The van der Waals surface area contributed by atoms with Crippen molar-refractivity contribution >= 4 is 41.0 Å². The van der Waals surface area contributed by atoms with Crippen LogP contribution in [0, 0.1) is 0 Å². The van der Waals surface area contributed by atoms with Crippen molar-refractivity contribution < 1.29 is 29.3 Å². The van der Waals surface area contributed by atoms with Crippen molar-refractivity contribution in [3.8, 4) is 0 Å². The summed E-state index contributed by atoms with van der Waals surface area (Å²) in [6.45, 7) is 4.37. The van der Waals surface area contributed by atoms with Gasteiger partial charge in [-0.25, -0.2) is 4.79 Å². The normalized spacial score (nSPS) is 8.71. The Morgan fingerprint density at radius 2 is 1.57 bits per heavy atom. The van der Waals surface area contributed by atoms with Crippen molar-refractivity contribution in [1.29, 1.82) is 0 Å². The molecule has 0 heterocycles. The molecule has 0 atom stereocenters. The third kappa shape index (κ3) is 4.82. The van der Waals surface area contributed by atoms with E-state index in [1.165, 1.54) is 6.92 Å². The van der Waals surface area contributed by atoms with Gasteiger partial charge in [0.05, 0.1) is 11.9 Å². The number of hydrogen-bond donors (Lipinski definition) is 0. The molecule has 0 radical (unpaired) electrons. The van der Waals surface area contributed by atoms with E-state index >= 15 is 0 Å². The molecule has 0 amide bonds. The summed E-state index contributed by atoms with van der Waals surface area (Å²) in [5, 5.41) is 20.1. The number of aliphatic carboxylic acids is 2. The van der Waals surface area contributed by atoms with E-state index in [9.17, 15) is 24.6 Å². The second kappa shape index (κ2) is 6.38. The molecule has 0 aliphatic rings. The summed E-state index contributed by atoms with van der Waals surface area (Å²) < 4.78 is 3.97. The second-order valence-electron chi connectivity index (χ2n) is 2.20. The van der Waals surface area contributed by atoms with Crippen LogP contribution in [0.3, 0.4) is 0 Å². The van der Waals surface area contributed by atoms with Gasteiger partial charge < -0.3 is 24.5 Å². The third-order valence-electron chi connectivity index (χ3n) is 1.00. The van der Waals surface area contributed by atoms with Crippen LogP contribution in [0.2, 0.25) is 0 Å². The molecule has 0 aromatic rings. The van der Waals surface area contributed by atoms with E-state index < -0.39 is 24.0 Å². The standard InChI is InChI=1S/C7H8O6.Mg/c1-3(2)7(12)13-4(5(8)9)6(10)11;/h4H,1H2,2H3,(H,8,9)(H,10,11);/q;+2/p-2. The number of hydrogen-bond acceptors (Lipinski definition) is 6. The maximum atomic E-state index is 10.7. The van der Waals surface area contributed by atoms with Gasteiger partial charge in [0, 0.05) is 5.57 Å². The number of carbonyl (C=O) groups excluding carboxylic acids is 3. The van der Waals surface area contributed by atoms with Crippen molar-refractivity contribution in [3.63, 3.8) is 0 Å². The molecule has 0 bridgehead atoms. The zero-order valence-corrected chi connectivity index (χ0v) is 8.86. The van der Waals surface area contributed by atoms with Gasteiger partial charge in [0.2, 0.25) is 0 Å². The predicted molar refractivity (Wildman–Crippen MR) is 40.5 cm³/mol. The Morgan fingerprint density at radius 3 is 1.79 bits per heavy atom. The SMILES string of the molecule is C=C(C)C(=O)OC(C(=O)[O-])C(=O)[O-].[Mg+2]. The third-order valence-corrected chi connectivity index (χ3v) is 1.00. The van der Waals surface area contributed by atoms with Crippen molar-refractivity contribution in [2.75, 3.05) is 0 Å². The molecule has 7 heteroatoms. The van der Waals surface area contributed by atoms with Gasteiger partial charge in [-0.15, -0.1) is 0 Å². The summed E-state index contributed by atoms with van der Waals surface area (Å²) in [7, 11) is 0. The smallest absolute Gasteiger partial charge is 0.546 e. The molecule has 0 aromatic carbocycles. The molecule has 0 aliphatic carbocycles. The van der Waals surface area contributed by atoms with Gasteiger partial charge in [-0.05, 0) is 6.92 Å². The van der Waals surface area contributed by atoms with Crippen LogP contribution < -0.4 is 10.2 Å². The van der Waals surface area contributed by atoms with E-state index in [0.29, 0.717) is 0 Å². The van der Waals surface area contributed by atoms with Crippen LogP contribution in [-0.4, -0.2) is 47.1 Å². The summed E-state index contributed by atoms with van der Waals surface area (Å²) in [4.78, 5) is 30.8. The second-order valence-corrected chi connectivity index (χ2v) is 2.20. The monoisotopic (exact) mass is 210 g/mol. The zero-order valence-electron chi connectivity index (χ0n) is 7.44. The molecule has 0 fully saturated rings. The van der Waals surface area contributed by atoms with E-state index in [1.54, 1.807) is 0 Å². The largest absolute Gasteiger partial charge is 2.00 e. The van der Waals surface area contributed by atoms with E-state index in [0.717, 1.165) is 0 Å². The number of ether oxygens (including phenoxy) is 1. The Labute approximate surface area is 95.7 Å². The fourth-order valence-electron chi connectivity index (χ4n) is 0.400. The number of carbonyl (C=O) groups is 3. The predicted octanol–water partition coefficient (Wildman–Crippen LogP) is -3.41. The van der Waals surface area contributed by atoms with Crippen LogP contribution in [0.15, 0.2) is 12.2 Å². The van der Waals surface area contributed by atoms with Gasteiger partial charge in [-0.1, -0.05) is 6.58 Å². The molecule has 0 aromatic heterocycles. The minimum Gasteiger partial charge on any atom is -0.546 e. The molecule has 0 saturated carbocycles. The first kappa shape index (κ1) is 15.4. The summed E-state index contributed by atoms with van der Waals surface area (Å²) in [6.07, 6.45) is -2.40. The molecule has 0 spiro atoms. The quantitative estimate of drug-likeness (QED) is 0.207. The first-order valence-corrected chi connectivity index (χ1v) is 3.14. The van der Waals surface area contributed by atoms with Gasteiger partial charge in [0.15, 0.2) is 6.10 Å². The first-order chi connectivity index (χ1) is 5.86. The Morgan fingerprint density at radius 1 is 1.21 bits per heavy atom. The molecule has 0 unspecified atom stereocenters. The van der Waals surface area contributed by atoms with E-state index in [4.69, 9.17) is 0 Å². The van der Waals surface area contributed by atoms with Gasteiger partial charge >= 0.3 is 29.0 Å². The van der Waals surface area contributed by atoms with Gasteiger partial charge in [0.25, 0.3) is 0 Å². The molecule has 0 rings (SSSR count). The first-order valence-electron chi connectivity index (χ1n) is 3.14. The summed E-state index contributed by atoms with van der Waals surface area (Å²) >= 11 is 0. The molecule has 0 saturated heterocycles. The van der Waals surface area contributed by atoms with Crippen LogP contribution in [0.25, 0.3) is 0 Å². The Bertz CT molecular complexity index is 257. The topological polar surface area (TPSA) is 107 Å². The van der Waals surface area contributed by atoms with E-state index in [2.05, 4.69) is 11.3 Å². The average molecular weight is 210 g/mol. The number of carboxylic acids is 2. The van der Waals surface area contributed by atoms with Crippen molar-refractivity contribution in [3.05, 3.63) is 12.2 Å². The van der Waals surface area contributed by atoms with E-state index in [1.807, 2.05) is 0 Å². The average Bonchev–Trinajstić information content (AvgIpc) is 1.97. The minimum atomic E-state index is -2.40. The molecular formula is C7H6MgO6. The fourth-order valence-corrected chi connectivity index (χ4v) is 0.400. The van der Waals surface area contributed by atoms with Gasteiger partial charge in [-0.3, -0.25) is 0 Å². The fraction of sp³-hybridized carbons (Fsp3) is 0.286. The molecular weight excluding hydrogens is 204 g/mol. The molecule has 14 heavy (non-hydrogen) atoms. The summed E-state index contributed by atoms with van der Waals surface area (Å²) in [5.41, 5.74) is -0.118. The maximum Gasteiger partial charge on any atom is 2.00 e. The number of esters is 1. The van der Waals surface area contributed by atoms with Crippen molar-refractivity contribution in [1.82, 2.24) is 0 Å². The van der Waals surface area contributed by atoms with Crippen molar-refractivity contribution in [2.24, 2.45) is 0 Å². The molecule has 0 aliphatic heterocycles. The van der Waals surface area contributed by atoms with Crippen LogP contribution in [0.1, 0.15) is 6.92 Å². The molecule has 0 N–H and O–H groups in total. The molecule has 6 nitrogen and oxygen atoms in total. The van der Waals surface area contributed by atoms with Gasteiger partial charge in [0.1, 0.15) is 0 Å². The van der Waals surface area contributed by atoms with Gasteiger partial charge in [-0.2, -0.15) is 0 Å².